The topological polar surface area (TPSA) is 37.8 Å². The van der Waals surface area contributed by atoms with Crippen molar-refractivity contribution in [2.24, 2.45) is 0 Å². The van der Waals surface area contributed by atoms with E-state index in [1.54, 1.807) is 26.1 Å². The summed E-state index contributed by atoms with van der Waals surface area (Å²) in [5, 5.41) is 3.15. The summed E-state index contributed by atoms with van der Waals surface area (Å²) in [5.74, 6) is 0. The maximum atomic E-state index is 13.2. The van der Waals surface area contributed by atoms with Gasteiger partial charge in [0.2, 0.25) is 0 Å². The van der Waals surface area contributed by atoms with Crippen molar-refractivity contribution in [3.63, 3.8) is 0 Å². The third-order valence-corrected chi connectivity index (χ3v) is 3.66. The van der Waals surface area contributed by atoms with E-state index in [2.05, 4.69) is 15.3 Å². The first kappa shape index (κ1) is 15.8. The molecule has 112 valence electrons. The Morgan fingerprint density at radius 1 is 1.24 bits per heavy atom. The van der Waals surface area contributed by atoms with Crippen LogP contribution in [0.2, 0.25) is 0 Å². The van der Waals surface area contributed by atoms with Gasteiger partial charge in [0, 0.05) is 23.3 Å². The van der Waals surface area contributed by atoms with Crippen LogP contribution in [-0.2, 0) is 12.7 Å². The molecule has 0 saturated heterocycles. The molecule has 3 nitrogen and oxygen atoms in total. The van der Waals surface area contributed by atoms with Gasteiger partial charge in [-0.1, -0.05) is 6.07 Å². The van der Waals surface area contributed by atoms with Crippen LogP contribution in [0.1, 0.15) is 16.8 Å². The molecular weight excluding hydrogens is 299 g/mol. The number of alkyl halides is 3. The average molecular weight is 313 g/mol. The van der Waals surface area contributed by atoms with E-state index >= 15 is 0 Å². The Bertz CT molecular complexity index is 629. The highest BCUT2D eigenvalue weighted by Gasteiger charge is 2.34. The summed E-state index contributed by atoms with van der Waals surface area (Å²) in [5.41, 5.74) is 0.637. The van der Waals surface area contributed by atoms with E-state index in [0.29, 0.717) is 23.0 Å². The first-order chi connectivity index (χ1) is 9.90. The Labute approximate surface area is 125 Å². The maximum Gasteiger partial charge on any atom is 0.417 e. The number of rotatable bonds is 4. The molecule has 0 atom stereocenters. The Kier molecular flexibility index (Phi) is 4.84. The quantitative estimate of drug-likeness (QED) is 0.874. The lowest BCUT2D eigenvalue weighted by molar-refractivity contribution is -0.139. The summed E-state index contributed by atoms with van der Waals surface area (Å²) >= 11 is 0.919. The predicted octanol–water partition coefficient (Wildman–Crippen LogP) is 3.67. The second kappa shape index (κ2) is 6.44. The lowest BCUT2D eigenvalue weighted by Gasteiger charge is -2.13. The molecule has 0 spiro atoms. The van der Waals surface area contributed by atoms with Crippen LogP contribution in [0.4, 0.5) is 13.2 Å². The molecule has 7 heteroatoms. The standard InChI is InChI=1S/C14H14F3N3S/c1-9-5-6-19-13(20-9)21-12-4-3-10(8-18-2)7-11(12)14(15,16)17/h3-7,18H,8H2,1-2H3. The molecule has 0 saturated carbocycles. The van der Waals surface area contributed by atoms with Gasteiger partial charge in [0.25, 0.3) is 0 Å². The van der Waals surface area contributed by atoms with Crippen LogP contribution in [0.5, 0.6) is 0 Å². The fourth-order valence-electron chi connectivity index (χ4n) is 1.78. The van der Waals surface area contributed by atoms with Crippen molar-refractivity contribution < 1.29 is 13.2 Å². The van der Waals surface area contributed by atoms with E-state index < -0.39 is 11.7 Å². The molecule has 0 aliphatic heterocycles. The smallest absolute Gasteiger partial charge is 0.316 e. The fourth-order valence-corrected chi connectivity index (χ4v) is 2.70. The third kappa shape index (κ3) is 4.18. The summed E-state index contributed by atoms with van der Waals surface area (Å²) < 4.78 is 39.5. The van der Waals surface area contributed by atoms with Crippen molar-refractivity contribution in [2.75, 3.05) is 7.05 Å². The van der Waals surface area contributed by atoms with Gasteiger partial charge in [0.15, 0.2) is 5.16 Å². The SMILES string of the molecule is CNCc1ccc(Sc2nccc(C)n2)c(C(F)(F)F)c1. The van der Waals surface area contributed by atoms with Gasteiger partial charge in [-0.05, 0) is 49.5 Å². The van der Waals surface area contributed by atoms with Crippen molar-refractivity contribution in [3.8, 4) is 0 Å². The molecule has 0 aliphatic carbocycles. The number of aryl methyl sites for hydroxylation is 1. The Morgan fingerprint density at radius 2 is 2.00 bits per heavy atom. The van der Waals surface area contributed by atoms with Gasteiger partial charge in [-0.3, -0.25) is 0 Å². The number of nitrogens with zero attached hydrogens (tertiary/aromatic N) is 2. The zero-order valence-corrected chi connectivity index (χ0v) is 12.3. The molecule has 2 aromatic rings. The number of aromatic nitrogens is 2. The zero-order chi connectivity index (χ0) is 15.5. The average Bonchev–Trinajstić information content (AvgIpc) is 2.39. The largest absolute Gasteiger partial charge is 0.417 e. The molecule has 1 aromatic heterocycles. The van der Waals surface area contributed by atoms with Gasteiger partial charge in [0.05, 0.1) is 5.56 Å². The summed E-state index contributed by atoms with van der Waals surface area (Å²) in [6.07, 6.45) is -2.87. The highest BCUT2D eigenvalue weighted by Crippen LogP contribution is 2.39. The number of hydrogen-bond acceptors (Lipinski definition) is 4. The first-order valence-electron chi connectivity index (χ1n) is 6.22. The molecule has 0 fully saturated rings. The van der Waals surface area contributed by atoms with E-state index in [1.807, 2.05) is 0 Å². The van der Waals surface area contributed by atoms with E-state index in [9.17, 15) is 13.2 Å². The monoisotopic (exact) mass is 313 g/mol. The predicted molar refractivity (Wildman–Crippen MR) is 75.1 cm³/mol. The van der Waals surface area contributed by atoms with Crippen LogP contribution in [0.15, 0.2) is 40.5 Å². The molecule has 0 unspecified atom stereocenters. The highest BCUT2D eigenvalue weighted by molar-refractivity contribution is 7.99. The lowest BCUT2D eigenvalue weighted by Crippen LogP contribution is -2.10. The molecule has 2 rings (SSSR count). The van der Waals surface area contributed by atoms with Gasteiger partial charge in [0.1, 0.15) is 0 Å². The van der Waals surface area contributed by atoms with Gasteiger partial charge in [-0.15, -0.1) is 0 Å². The van der Waals surface area contributed by atoms with Gasteiger partial charge in [-0.25, -0.2) is 9.97 Å². The van der Waals surface area contributed by atoms with Crippen LogP contribution in [0.25, 0.3) is 0 Å². The van der Waals surface area contributed by atoms with Crippen LogP contribution < -0.4 is 5.32 Å². The molecule has 0 amide bonds. The lowest BCUT2D eigenvalue weighted by atomic mass is 10.1. The van der Waals surface area contributed by atoms with Crippen LogP contribution >= 0.6 is 11.8 Å². The Morgan fingerprint density at radius 3 is 2.62 bits per heavy atom. The van der Waals surface area contributed by atoms with Crippen molar-refractivity contribution in [1.29, 1.82) is 0 Å². The fraction of sp³-hybridized carbons (Fsp3) is 0.286. The molecule has 0 aliphatic rings. The van der Waals surface area contributed by atoms with Crippen molar-refractivity contribution in [2.45, 2.75) is 29.7 Å². The van der Waals surface area contributed by atoms with Crippen LogP contribution in [-0.4, -0.2) is 17.0 Å². The zero-order valence-electron chi connectivity index (χ0n) is 11.5. The number of halogens is 3. The molecule has 0 radical (unpaired) electrons. The van der Waals surface area contributed by atoms with Crippen LogP contribution in [0.3, 0.4) is 0 Å². The maximum absolute atomic E-state index is 13.2. The van der Waals surface area contributed by atoms with Crippen molar-refractivity contribution >= 4 is 11.8 Å². The third-order valence-electron chi connectivity index (χ3n) is 2.70. The molecule has 1 N–H and O–H groups in total. The summed E-state index contributed by atoms with van der Waals surface area (Å²) in [7, 11) is 1.69. The number of hydrogen-bond donors (Lipinski definition) is 1. The molecule has 21 heavy (non-hydrogen) atoms. The van der Waals surface area contributed by atoms with Gasteiger partial charge < -0.3 is 5.32 Å². The summed E-state index contributed by atoms with van der Waals surface area (Å²) in [6, 6.07) is 6.00. The second-order valence-corrected chi connectivity index (χ2v) is 5.45. The summed E-state index contributed by atoms with van der Waals surface area (Å²) in [6.45, 7) is 2.15. The van der Waals surface area contributed by atoms with Crippen molar-refractivity contribution in [3.05, 3.63) is 47.3 Å². The van der Waals surface area contributed by atoms with E-state index in [4.69, 9.17) is 0 Å². The Balaban J connectivity index is 2.38. The van der Waals surface area contributed by atoms with E-state index in [1.165, 1.54) is 12.3 Å². The Hall–Kier alpha value is -1.60. The minimum atomic E-state index is -4.41. The van der Waals surface area contributed by atoms with Crippen molar-refractivity contribution in [1.82, 2.24) is 15.3 Å². The molecular formula is C14H14F3N3S. The number of benzene rings is 1. The first-order valence-corrected chi connectivity index (χ1v) is 7.04. The van der Waals surface area contributed by atoms with Gasteiger partial charge >= 0.3 is 6.18 Å². The number of nitrogens with one attached hydrogen (secondary N) is 1. The second-order valence-electron chi connectivity index (χ2n) is 4.44. The highest BCUT2D eigenvalue weighted by atomic mass is 32.2. The van der Waals surface area contributed by atoms with Gasteiger partial charge in [-0.2, -0.15) is 13.2 Å². The molecule has 1 heterocycles. The molecule has 1 aromatic carbocycles. The van der Waals surface area contributed by atoms with Crippen LogP contribution in [0, 0.1) is 6.92 Å². The minimum Gasteiger partial charge on any atom is -0.316 e. The normalized spacial score (nSPS) is 11.7. The van der Waals surface area contributed by atoms with E-state index in [0.717, 1.165) is 17.8 Å². The minimum absolute atomic E-state index is 0.105. The van der Waals surface area contributed by atoms with E-state index in [-0.39, 0.29) is 4.90 Å². The summed E-state index contributed by atoms with van der Waals surface area (Å²) in [4.78, 5) is 8.22. The molecule has 0 bridgehead atoms.